The molecular formula is C18H20N4O2S2. The molecule has 0 aliphatic carbocycles. The molecule has 0 aliphatic heterocycles. The van der Waals surface area contributed by atoms with Gasteiger partial charge in [-0.25, -0.2) is 0 Å². The van der Waals surface area contributed by atoms with Crippen molar-refractivity contribution < 1.29 is 9.53 Å². The normalized spacial score (nSPS) is 10.7. The first-order valence-electron chi connectivity index (χ1n) is 8.20. The molecule has 0 unspecified atom stereocenters. The molecule has 0 saturated heterocycles. The molecule has 0 saturated carbocycles. The highest BCUT2D eigenvalue weighted by molar-refractivity contribution is 7.99. The molecule has 0 fully saturated rings. The number of benzene rings is 1. The number of amides is 1. The molecule has 0 radical (unpaired) electrons. The lowest BCUT2D eigenvalue weighted by molar-refractivity contribution is -0.118. The zero-order valence-corrected chi connectivity index (χ0v) is 16.3. The van der Waals surface area contributed by atoms with Crippen molar-refractivity contribution in [1.82, 2.24) is 20.1 Å². The average Bonchev–Trinajstić information content (AvgIpc) is 3.33. The molecule has 0 aliphatic rings. The molecule has 2 heterocycles. The Kier molecular flexibility index (Phi) is 6.30. The van der Waals surface area contributed by atoms with Gasteiger partial charge in [0.25, 0.3) is 0 Å². The summed E-state index contributed by atoms with van der Waals surface area (Å²) < 4.78 is 7.23. The molecule has 3 rings (SSSR count). The van der Waals surface area contributed by atoms with Crippen LogP contribution in [-0.4, -0.2) is 33.5 Å². The Balaban J connectivity index is 1.56. The maximum atomic E-state index is 12.2. The van der Waals surface area contributed by atoms with Gasteiger partial charge in [-0.3, -0.25) is 4.79 Å². The molecule has 8 heteroatoms. The molecule has 2 aromatic heterocycles. The van der Waals surface area contributed by atoms with Gasteiger partial charge in [-0.15, -0.1) is 21.5 Å². The van der Waals surface area contributed by atoms with E-state index in [0.717, 1.165) is 33.7 Å². The van der Waals surface area contributed by atoms with Crippen molar-refractivity contribution in [3.8, 4) is 16.5 Å². The largest absolute Gasteiger partial charge is 0.497 e. The minimum atomic E-state index is -0.0406. The lowest BCUT2D eigenvalue weighted by atomic mass is 10.2. The Morgan fingerprint density at radius 2 is 2.19 bits per heavy atom. The van der Waals surface area contributed by atoms with Crippen LogP contribution in [0.15, 0.2) is 46.9 Å². The molecule has 3 aromatic rings. The summed E-state index contributed by atoms with van der Waals surface area (Å²) in [5, 5.41) is 14.2. The van der Waals surface area contributed by atoms with E-state index in [2.05, 4.69) is 15.5 Å². The van der Waals surface area contributed by atoms with E-state index in [0.29, 0.717) is 12.3 Å². The van der Waals surface area contributed by atoms with Gasteiger partial charge in [0, 0.05) is 13.1 Å². The van der Waals surface area contributed by atoms with Crippen LogP contribution in [0.2, 0.25) is 0 Å². The van der Waals surface area contributed by atoms with Crippen molar-refractivity contribution in [2.75, 3.05) is 12.9 Å². The minimum absolute atomic E-state index is 0.0406. The number of thiophene rings is 1. The highest BCUT2D eigenvalue weighted by Crippen LogP contribution is 2.27. The number of hydrogen-bond donors (Lipinski definition) is 1. The van der Waals surface area contributed by atoms with Crippen molar-refractivity contribution in [2.45, 2.75) is 25.2 Å². The second-order valence-corrected chi connectivity index (χ2v) is 7.33. The van der Waals surface area contributed by atoms with Crippen LogP contribution in [0.5, 0.6) is 5.75 Å². The van der Waals surface area contributed by atoms with Crippen LogP contribution >= 0.6 is 23.1 Å². The number of nitrogens with one attached hydrogen (secondary N) is 1. The van der Waals surface area contributed by atoms with Crippen LogP contribution in [0.3, 0.4) is 0 Å². The second-order valence-electron chi connectivity index (χ2n) is 5.44. The summed E-state index contributed by atoms with van der Waals surface area (Å²) in [6.45, 7) is 3.28. The molecule has 136 valence electrons. The number of carbonyl (C=O) groups is 1. The zero-order chi connectivity index (χ0) is 18.4. The maximum absolute atomic E-state index is 12.2. The van der Waals surface area contributed by atoms with Crippen LogP contribution < -0.4 is 10.1 Å². The Hall–Kier alpha value is -2.32. The smallest absolute Gasteiger partial charge is 0.230 e. The standard InChI is InChI=1S/C18H20N4O2S2/c1-3-22-17(15-8-5-9-25-15)20-21-18(22)26-12-16(23)19-11-13-6-4-7-14(10-13)24-2/h4-10H,3,11-12H2,1-2H3,(H,19,23). The predicted molar refractivity (Wildman–Crippen MR) is 105 cm³/mol. The molecule has 0 bridgehead atoms. The van der Waals surface area contributed by atoms with E-state index in [9.17, 15) is 4.79 Å². The summed E-state index contributed by atoms with van der Waals surface area (Å²) in [6, 6.07) is 11.7. The van der Waals surface area contributed by atoms with Gasteiger partial charge in [-0.1, -0.05) is 30.0 Å². The van der Waals surface area contributed by atoms with Gasteiger partial charge in [0.05, 0.1) is 17.7 Å². The van der Waals surface area contributed by atoms with E-state index in [-0.39, 0.29) is 5.91 Å². The van der Waals surface area contributed by atoms with Crippen LogP contribution in [0.4, 0.5) is 0 Å². The quantitative estimate of drug-likeness (QED) is 0.599. The van der Waals surface area contributed by atoms with Gasteiger partial charge in [0.15, 0.2) is 11.0 Å². The molecule has 0 atom stereocenters. The topological polar surface area (TPSA) is 69.0 Å². The fourth-order valence-corrected chi connectivity index (χ4v) is 3.98. The third-order valence-corrected chi connectivity index (χ3v) is 5.56. The number of carbonyl (C=O) groups excluding carboxylic acids is 1. The number of rotatable bonds is 8. The number of hydrogen-bond acceptors (Lipinski definition) is 6. The lowest BCUT2D eigenvalue weighted by Crippen LogP contribution is -2.24. The first-order chi connectivity index (χ1) is 12.7. The summed E-state index contributed by atoms with van der Waals surface area (Å²) in [4.78, 5) is 13.2. The lowest BCUT2D eigenvalue weighted by Gasteiger charge is -2.08. The van der Waals surface area contributed by atoms with E-state index in [1.807, 2.05) is 53.3 Å². The van der Waals surface area contributed by atoms with Crippen molar-refractivity contribution in [2.24, 2.45) is 0 Å². The molecule has 1 N–H and O–H groups in total. The van der Waals surface area contributed by atoms with Gasteiger partial charge in [-0.05, 0) is 36.1 Å². The molecule has 0 spiro atoms. The first kappa shape index (κ1) is 18.5. The van der Waals surface area contributed by atoms with E-state index < -0.39 is 0 Å². The van der Waals surface area contributed by atoms with E-state index in [4.69, 9.17) is 4.74 Å². The van der Waals surface area contributed by atoms with Crippen molar-refractivity contribution >= 4 is 29.0 Å². The fraction of sp³-hybridized carbons (Fsp3) is 0.278. The molecule has 26 heavy (non-hydrogen) atoms. The van der Waals surface area contributed by atoms with E-state index >= 15 is 0 Å². The highest BCUT2D eigenvalue weighted by Gasteiger charge is 2.15. The van der Waals surface area contributed by atoms with Crippen LogP contribution in [0, 0.1) is 0 Å². The number of ether oxygens (including phenoxy) is 1. The Morgan fingerprint density at radius 1 is 1.31 bits per heavy atom. The molecule has 1 aromatic carbocycles. The van der Waals surface area contributed by atoms with Crippen molar-refractivity contribution in [3.63, 3.8) is 0 Å². The average molecular weight is 389 g/mol. The van der Waals surface area contributed by atoms with Gasteiger partial charge in [0.1, 0.15) is 5.75 Å². The van der Waals surface area contributed by atoms with Crippen molar-refractivity contribution in [1.29, 1.82) is 0 Å². The number of methoxy groups -OCH3 is 1. The first-order valence-corrected chi connectivity index (χ1v) is 10.1. The predicted octanol–water partition coefficient (Wildman–Crippen LogP) is 3.44. The minimum Gasteiger partial charge on any atom is -0.497 e. The SMILES string of the molecule is CCn1c(SCC(=O)NCc2cccc(OC)c2)nnc1-c1cccs1. The Bertz CT molecular complexity index is 862. The van der Waals surface area contributed by atoms with Crippen LogP contribution in [0.25, 0.3) is 10.7 Å². The second kappa shape index (κ2) is 8.86. The fourth-order valence-electron chi connectivity index (χ4n) is 2.43. The summed E-state index contributed by atoms with van der Waals surface area (Å²) in [6.07, 6.45) is 0. The number of aromatic nitrogens is 3. The number of thioether (sulfide) groups is 1. The van der Waals surface area contributed by atoms with Crippen LogP contribution in [-0.2, 0) is 17.9 Å². The molecule has 1 amide bonds. The van der Waals surface area contributed by atoms with E-state index in [1.165, 1.54) is 11.8 Å². The van der Waals surface area contributed by atoms with Gasteiger partial charge in [0.2, 0.25) is 5.91 Å². The monoisotopic (exact) mass is 388 g/mol. The Morgan fingerprint density at radius 3 is 2.92 bits per heavy atom. The summed E-state index contributed by atoms with van der Waals surface area (Å²) in [5.41, 5.74) is 0.999. The van der Waals surface area contributed by atoms with Gasteiger partial charge >= 0.3 is 0 Å². The third kappa shape index (κ3) is 4.44. The van der Waals surface area contributed by atoms with Crippen LogP contribution in [0.1, 0.15) is 12.5 Å². The van der Waals surface area contributed by atoms with Crippen molar-refractivity contribution in [3.05, 3.63) is 47.3 Å². The zero-order valence-electron chi connectivity index (χ0n) is 14.6. The molecule has 6 nitrogen and oxygen atoms in total. The van der Waals surface area contributed by atoms with Gasteiger partial charge < -0.3 is 14.6 Å². The maximum Gasteiger partial charge on any atom is 0.230 e. The highest BCUT2D eigenvalue weighted by atomic mass is 32.2. The summed E-state index contributed by atoms with van der Waals surface area (Å²) in [7, 11) is 1.63. The number of nitrogens with zero attached hydrogens (tertiary/aromatic N) is 3. The summed E-state index contributed by atoms with van der Waals surface area (Å²) >= 11 is 3.03. The summed E-state index contributed by atoms with van der Waals surface area (Å²) in [5.74, 6) is 1.89. The Labute approximate surface area is 160 Å². The van der Waals surface area contributed by atoms with E-state index in [1.54, 1.807) is 18.4 Å². The van der Waals surface area contributed by atoms with Gasteiger partial charge in [-0.2, -0.15) is 0 Å². The third-order valence-electron chi connectivity index (χ3n) is 3.73. The molecular weight excluding hydrogens is 368 g/mol.